The maximum Gasteiger partial charge on any atom is 0.253 e. The van der Waals surface area contributed by atoms with Crippen molar-refractivity contribution in [3.63, 3.8) is 0 Å². The van der Waals surface area contributed by atoms with Gasteiger partial charge in [0.2, 0.25) is 0 Å². The van der Waals surface area contributed by atoms with Crippen molar-refractivity contribution in [2.24, 2.45) is 11.8 Å². The van der Waals surface area contributed by atoms with Crippen LogP contribution in [-0.4, -0.2) is 43.7 Å². The second kappa shape index (κ2) is 4.34. The molecule has 0 radical (unpaired) electrons. The van der Waals surface area contributed by atoms with Crippen molar-refractivity contribution in [2.75, 3.05) is 32.8 Å². The smallest absolute Gasteiger partial charge is 0.253 e. The van der Waals surface area contributed by atoms with E-state index >= 15 is 0 Å². The summed E-state index contributed by atoms with van der Waals surface area (Å²) in [7, 11) is 0. The normalized spacial score (nSPS) is 37.0. The number of hydrogen-bond acceptors (Lipinski definition) is 2. The second-order valence-corrected chi connectivity index (χ2v) is 4.90. The van der Waals surface area contributed by atoms with E-state index in [-0.39, 0.29) is 6.42 Å². The van der Waals surface area contributed by atoms with Crippen molar-refractivity contribution < 1.29 is 13.5 Å². The van der Waals surface area contributed by atoms with Gasteiger partial charge >= 0.3 is 0 Å². The molecule has 4 heteroatoms. The molecule has 0 aromatic carbocycles. The fourth-order valence-electron chi connectivity index (χ4n) is 2.42. The number of piperidine rings is 1. The van der Waals surface area contributed by atoms with Gasteiger partial charge in [0, 0.05) is 38.6 Å². The molecule has 2 unspecified atom stereocenters. The van der Waals surface area contributed by atoms with Gasteiger partial charge in [-0.15, -0.1) is 0 Å². The van der Waals surface area contributed by atoms with E-state index in [9.17, 15) is 8.78 Å². The summed E-state index contributed by atoms with van der Waals surface area (Å²) in [5.74, 6) is -2.40. The number of hydrogen-bond donors (Lipinski definition) is 0. The Morgan fingerprint density at radius 1 is 1.47 bits per heavy atom. The van der Waals surface area contributed by atoms with Gasteiger partial charge in [0.1, 0.15) is 0 Å². The molecule has 0 aliphatic carbocycles. The lowest BCUT2D eigenvalue weighted by Crippen LogP contribution is -2.47. The average molecular weight is 219 g/mol. The topological polar surface area (TPSA) is 12.5 Å². The molecule has 0 N–H and O–H groups in total. The van der Waals surface area contributed by atoms with Gasteiger partial charge in [-0.3, -0.25) is 0 Å². The summed E-state index contributed by atoms with van der Waals surface area (Å²) >= 11 is 0. The first-order valence-electron chi connectivity index (χ1n) is 5.76. The summed E-state index contributed by atoms with van der Waals surface area (Å²) in [4.78, 5) is 2.17. The molecule has 0 spiro atoms. The minimum absolute atomic E-state index is 0.0156. The van der Waals surface area contributed by atoms with Gasteiger partial charge < -0.3 is 9.64 Å². The lowest BCUT2D eigenvalue weighted by atomic mass is 9.94. The van der Waals surface area contributed by atoms with Crippen molar-refractivity contribution in [1.29, 1.82) is 0 Å². The fraction of sp³-hybridized carbons (Fsp3) is 1.00. The first kappa shape index (κ1) is 11.3. The number of alkyl halides is 2. The Balaban J connectivity index is 1.80. The minimum atomic E-state index is -2.46. The van der Waals surface area contributed by atoms with Crippen molar-refractivity contribution in [1.82, 2.24) is 4.90 Å². The third-order valence-corrected chi connectivity index (χ3v) is 3.55. The van der Waals surface area contributed by atoms with Gasteiger partial charge in [-0.05, 0) is 12.3 Å². The van der Waals surface area contributed by atoms with E-state index < -0.39 is 11.8 Å². The molecule has 2 fully saturated rings. The SMILES string of the molecule is CC1CN(CC2CCOC2)CCC1(F)F. The second-order valence-electron chi connectivity index (χ2n) is 4.90. The Morgan fingerprint density at radius 2 is 2.27 bits per heavy atom. The van der Waals surface area contributed by atoms with Crippen molar-refractivity contribution >= 4 is 0 Å². The van der Waals surface area contributed by atoms with Gasteiger partial charge in [0.15, 0.2) is 0 Å². The maximum absolute atomic E-state index is 13.2. The lowest BCUT2D eigenvalue weighted by molar-refractivity contribution is -0.101. The molecular weight excluding hydrogens is 200 g/mol. The van der Waals surface area contributed by atoms with Crippen molar-refractivity contribution in [2.45, 2.75) is 25.7 Å². The quantitative estimate of drug-likeness (QED) is 0.704. The van der Waals surface area contributed by atoms with Crippen molar-refractivity contribution in [3.8, 4) is 0 Å². The molecule has 0 amide bonds. The molecule has 2 nitrogen and oxygen atoms in total. The Morgan fingerprint density at radius 3 is 2.87 bits per heavy atom. The van der Waals surface area contributed by atoms with Gasteiger partial charge in [-0.25, -0.2) is 8.78 Å². The van der Waals surface area contributed by atoms with E-state index in [1.807, 2.05) is 0 Å². The van der Waals surface area contributed by atoms with Crippen LogP contribution in [0.15, 0.2) is 0 Å². The Labute approximate surface area is 89.6 Å². The molecule has 88 valence electrons. The summed E-state index contributed by atoms with van der Waals surface area (Å²) in [6.07, 6.45) is 1.10. The fourth-order valence-corrected chi connectivity index (χ4v) is 2.42. The van der Waals surface area contributed by atoms with Crippen LogP contribution in [0.4, 0.5) is 8.78 Å². The zero-order valence-corrected chi connectivity index (χ0v) is 9.22. The molecule has 15 heavy (non-hydrogen) atoms. The first-order valence-corrected chi connectivity index (χ1v) is 5.76. The number of rotatable bonds is 2. The first-order chi connectivity index (χ1) is 7.08. The third-order valence-electron chi connectivity index (χ3n) is 3.55. The van der Waals surface area contributed by atoms with Crippen molar-refractivity contribution in [3.05, 3.63) is 0 Å². The Bertz CT molecular complexity index is 215. The Hall–Kier alpha value is -0.220. The molecule has 2 aliphatic rings. The highest BCUT2D eigenvalue weighted by Gasteiger charge is 2.41. The van der Waals surface area contributed by atoms with Crippen LogP contribution in [0.3, 0.4) is 0 Å². The minimum Gasteiger partial charge on any atom is -0.381 e. The molecule has 2 aliphatic heterocycles. The van der Waals surface area contributed by atoms with Crippen LogP contribution in [0.1, 0.15) is 19.8 Å². The van der Waals surface area contributed by atoms with Crippen LogP contribution < -0.4 is 0 Å². The van der Waals surface area contributed by atoms with E-state index in [0.29, 0.717) is 19.0 Å². The summed E-state index contributed by atoms with van der Waals surface area (Å²) < 4.78 is 31.8. The molecule has 2 heterocycles. The van der Waals surface area contributed by atoms with Gasteiger partial charge in [0.05, 0.1) is 6.61 Å². The largest absolute Gasteiger partial charge is 0.381 e. The summed E-state index contributed by atoms with van der Waals surface area (Å²) in [5.41, 5.74) is 0. The monoisotopic (exact) mass is 219 g/mol. The molecule has 2 atom stereocenters. The molecule has 2 rings (SSSR count). The summed E-state index contributed by atoms with van der Waals surface area (Å²) in [6.45, 7) is 5.29. The van der Waals surface area contributed by atoms with E-state index in [2.05, 4.69) is 4.90 Å². The van der Waals surface area contributed by atoms with E-state index in [1.165, 1.54) is 0 Å². The highest BCUT2D eigenvalue weighted by atomic mass is 19.3. The molecule has 0 aromatic rings. The summed E-state index contributed by atoms with van der Waals surface area (Å²) in [6, 6.07) is 0. The van der Waals surface area contributed by atoms with Crippen LogP contribution >= 0.6 is 0 Å². The predicted octanol–water partition coefficient (Wildman–Crippen LogP) is 2.00. The van der Waals surface area contributed by atoms with Crippen LogP contribution in [-0.2, 0) is 4.74 Å². The predicted molar refractivity (Wildman–Crippen MR) is 54.1 cm³/mol. The zero-order valence-electron chi connectivity index (χ0n) is 9.22. The van der Waals surface area contributed by atoms with Crippen LogP contribution in [0.5, 0.6) is 0 Å². The van der Waals surface area contributed by atoms with E-state index in [4.69, 9.17) is 4.74 Å². The molecular formula is C11H19F2NO. The highest BCUT2D eigenvalue weighted by Crippen LogP contribution is 2.33. The molecule has 0 saturated carbocycles. The number of likely N-dealkylation sites (tertiary alicyclic amines) is 1. The zero-order chi connectivity index (χ0) is 10.9. The Kier molecular flexibility index (Phi) is 3.26. The third kappa shape index (κ3) is 2.67. The van der Waals surface area contributed by atoms with Gasteiger partial charge in [-0.2, -0.15) is 0 Å². The van der Waals surface area contributed by atoms with E-state index in [0.717, 1.165) is 26.2 Å². The molecule has 0 aromatic heterocycles. The molecule has 0 bridgehead atoms. The lowest BCUT2D eigenvalue weighted by Gasteiger charge is -2.37. The van der Waals surface area contributed by atoms with Crippen LogP contribution in [0.2, 0.25) is 0 Å². The van der Waals surface area contributed by atoms with Crippen LogP contribution in [0, 0.1) is 11.8 Å². The average Bonchev–Trinajstić information content (AvgIpc) is 2.65. The number of halogens is 2. The number of nitrogens with zero attached hydrogens (tertiary/aromatic N) is 1. The van der Waals surface area contributed by atoms with Gasteiger partial charge in [0.25, 0.3) is 5.92 Å². The summed E-state index contributed by atoms with van der Waals surface area (Å²) in [5, 5.41) is 0. The highest BCUT2D eigenvalue weighted by molar-refractivity contribution is 4.84. The maximum atomic E-state index is 13.2. The standard InChI is InChI=1S/C11H19F2NO/c1-9-6-14(4-3-11(9,12)13)7-10-2-5-15-8-10/h9-10H,2-8H2,1H3. The van der Waals surface area contributed by atoms with E-state index in [1.54, 1.807) is 6.92 Å². The molecule has 2 saturated heterocycles. The van der Waals surface area contributed by atoms with Gasteiger partial charge in [-0.1, -0.05) is 6.92 Å². The van der Waals surface area contributed by atoms with Crippen LogP contribution in [0.25, 0.3) is 0 Å². The number of ether oxygens (including phenoxy) is 1.